The Morgan fingerprint density at radius 1 is 1.09 bits per heavy atom. The summed E-state index contributed by atoms with van der Waals surface area (Å²) in [5, 5.41) is 9.93. The Bertz CT molecular complexity index is 979. The van der Waals surface area contributed by atoms with Crippen LogP contribution < -0.4 is 4.74 Å². The summed E-state index contributed by atoms with van der Waals surface area (Å²) < 4.78 is 48.2. The third-order valence-electron chi connectivity index (χ3n) is 7.44. The lowest BCUT2D eigenvalue weighted by atomic mass is 9.73. The number of phenolic OH excluding ortho intramolecular Hbond substituents is 1. The molecule has 1 fully saturated rings. The van der Waals surface area contributed by atoms with Gasteiger partial charge in [-0.05, 0) is 79.2 Å². The molecule has 35 heavy (non-hydrogen) atoms. The molecular formula is C29H37F3O3. The highest BCUT2D eigenvalue weighted by atomic mass is 19.3. The van der Waals surface area contributed by atoms with Gasteiger partial charge in [-0.3, -0.25) is 4.79 Å². The van der Waals surface area contributed by atoms with Crippen LogP contribution in [0.25, 0.3) is 0 Å². The minimum atomic E-state index is -3.50. The van der Waals surface area contributed by atoms with Crippen molar-refractivity contribution in [3.63, 3.8) is 0 Å². The first-order valence-electron chi connectivity index (χ1n) is 12.9. The van der Waals surface area contributed by atoms with Crippen LogP contribution in [-0.4, -0.2) is 17.0 Å². The van der Waals surface area contributed by atoms with Crippen LogP contribution in [0.5, 0.6) is 11.5 Å². The molecule has 1 aliphatic carbocycles. The average molecular weight is 491 g/mol. The summed E-state index contributed by atoms with van der Waals surface area (Å²) >= 11 is 0. The molecule has 0 spiro atoms. The SMILES string of the molecule is CCCC(C)C1CCC(c2ccc(OC(F)(F)CCc3ccc(C(=O)CC)c(O)c3F)cc2)CC1. The minimum Gasteiger partial charge on any atom is -0.504 e. The molecule has 1 unspecified atom stereocenters. The van der Waals surface area contributed by atoms with Crippen molar-refractivity contribution in [3.8, 4) is 11.5 Å². The molecule has 3 nitrogen and oxygen atoms in total. The van der Waals surface area contributed by atoms with Crippen LogP contribution >= 0.6 is 0 Å². The molecule has 0 radical (unpaired) electrons. The van der Waals surface area contributed by atoms with Gasteiger partial charge in [0.25, 0.3) is 0 Å². The number of hydrogen-bond donors (Lipinski definition) is 1. The molecule has 0 bridgehead atoms. The normalized spacial score (nSPS) is 19.4. The minimum absolute atomic E-state index is 0.0659. The molecule has 6 heteroatoms. The van der Waals surface area contributed by atoms with Gasteiger partial charge in [0, 0.05) is 6.42 Å². The molecule has 192 valence electrons. The molecule has 0 amide bonds. The van der Waals surface area contributed by atoms with Crippen LogP contribution in [-0.2, 0) is 6.42 Å². The van der Waals surface area contributed by atoms with Gasteiger partial charge in [0.2, 0.25) is 0 Å². The Hall–Kier alpha value is -2.50. The maximum absolute atomic E-state index is 14.5. The van der Waals surface area contributed by atoms with E-state index in [9.17, 15) is 23.1 Å². The van der Waals surface area contributed by atoms with Gasteiger partial charge in [-0.1, -0.05) is 51.8 Å². The van der Waals surface area contributed by atoms with Gasteiger partial charge in [-0.15, -0.1) is 0 Å². The Kier molecular flexibility index (Phi) is 9.26. The molecule has 1 N–H and O–H groups in total. The summed E-state index contributed by atoms with van der Waals surface area (Å²) in [4.78, 5) is 11.7. The number of carbonyl (C=O) groups is 1. The van der Waals surface area contributed by atoms with Crippen LogP contribution in [0.3, 0.4) is 0 Å². The van der Waals surface area contributed by atoms with Gasteiger partial charge in [0.15, 0.2) is 17.3 Å². The highest BCUT2D eigenvalue weighted by Crippen LogP contribution is 2.40. The first-order chi connectivity index (χ1) is 16.6. The summed E-state index contributed by atoms with van der Waals surface area (Å²) in [5.41, 5.74) is 0.931. The van der Waals surface area contributed by atoms with Crippen molar-refractivity contribution in [1.82, 2.24) is 0 Å². The number of alkyl halides is 2. The Labute approximate surface area is 206 Å². The monoisotopic (exact) mass is 490 g/mol. The molecule has 1 saturated carbocycles. The number of benzene rings is 2. The number of aromatic hydroxyl groups is 1. The van der Waals surface area contributed by atoms with E-state index >= 15 is 0 Å². The lowest BCUT2D eigenvalue weighted by Gasteiger charge is -2.32. The molecular weight excluding hydrogens is 453 g/mol. The third kappa shape index (κ3) is 7.02. The van der Waals surface area contributed by atoms with Gasteiger partial charge < -0.3 is 9.84 Å². The van der Waals surface area contributed by atoms with Crippen molar-refractivity contribution in [2.45, 2.75) is 90.6 Å². The largest absolute Gasteiger partial charge is 0.504 e. The summed E-state index contributed by atoms with van der Waals surface area (Å²) in [7, 11) is 0. The Balaban J connectivity index is 1.55. The number of halogens is 3. The first kappa shape index (κ1) is 27.1. The van der Waals surface area contributed by atoms with E-state index in [1.807, 2.05) is 12.1 Å². The zero-order valence-electron chi connectivity index (χ0n) is 21.0. The van der Waals surface area contributed by atoms with E-state index in [1.165, 1.54) is 37.8 Å². The van der Waals surface area contributed by atoms with Crippen LogP contribution in [0.15, 0.2) is 36.4 Å². The lowest BCUT2D eigenvalue weighted by Crippen LogP contribution is -2.25. The topological polar surface area (TPSA) is 46.5 Å². The van der Waals surface area contributed by atoms with E-state index in [-0.39, 0.29) is 29.7 Å². The Morgan fingerprint density at radius 3 is 2.34 bits per heavy atom. The van der Waals surface area contributed by atoms with E-state index in [1.54, 1.807) is 19.1 Å². The fourth-order valence-electron chi connectivity index (χ4n) is 5.24. The number of carbonyl (C=O) groups excluding carboxylic acids is 1. The fraction of sp³-hybridized carbons (Fsp3) is 0.552. The van der Waals surface area contributed by atoms with Crippen LogP contribution in [0, 0.1) is 17.7 Å². The van der Waals surface area contributed by atoms with E-state index in [0.29, 0.717) is 5.92 Å². The summed E-state index contributed by atoms with van der Waals surface area (Å²) in [6.45, 7) is 6.17. The van der Waals surface area contributed by atoms with Crippen molar-refractivity contribution >= 4 is 5.78 Å². The van der Waals surface area contributed by atoms with Gasteiger partial charge >= 0.3 is 6.11 Å². The van der Waals surface area contributed by atoms with Crippen LogP contribution in [0.2, 0.25) is 0 Å². The summed E-state index contributed by atoms with van der Waals surface area (Å²) in [5.74, 6) is -0.185. The highest BCUT2D eigenvalue weighted by Gasteiger charge is 2.32. The van der Waals surface area contributed by atoms with Crippen molar-refractivity contribution in [2.24, 2.45) is 11.8 Å². The van der Waals surface area contributed by atoms with E-state index in [2.05, 4.69) is 13.8 Å². The van der Waals surface area contributed by atoms with Gasteiger partial charge in [-0.2, -0.15) is 8.78 Å². The zero-order chi connectivity index (χ0) is 25.6. The van der Waals surface area contributed by atoms with Gasteiger partial charge in [0.1, 0.15) is 5.75 Å². The maximum Gasteiger partial charge on any atom is 0.398 e. The molecule has 2 aromatic rings. The number of phenols is 1. The van der Waals surface area contributed by atoms with Crippen LogP contribution in [0.4, 0.5) is 13.2 Å². The molecule has 0 saturated heterocycles. The standard InChI is InChI=1S/C29H37F3O3/c1-4-6-19(3)20-7-9-21(10-8-20)22-11-14-24(15-12-22)35-29(31,32)18-17-23-13-16-25(26(33)5-2)28(34)27(23)30/h11-16,19-21,34H,4-10,17-18H2,1-3H3. The van der Waals surface area contributed by atoms with E-state index < -0.39 is 29.9 Å². The second-order valence-electron chi connectivity index (χ2n) is 9.90. The number of rotatable bonds is 11. The second kappa shape index (κ2) is 12.0. The number of hydrogen-bond acceptors (Lipinski definition) is 3. The van der Waals surface area contributed by atoms with E-state index in [4.69, 9.17) is 4.74 Å². The van der Waals surface area contributed by atoms with Crippen molar-refractivity contribution in [3.05, 3.63) is 58.9 Å². The first-order valence-corrected chi connectivity index (χ1v) is 12.9. The van der Waals surface area contributed by atoms with Crippen molar-refractivity contribution in [2.75, 3.05) is 0 Å². The smallest absolute Gasteiger partial charge is 0.398 e. The third-order valence-corrected chi connectivity index (χ3v) is 7.44. The highest BCUT2D eigenvalue weighted by molar-refractivity contribution is 5.98. The Morgan fingerprint density at radius 2 is 1.74 bits per heavy atom. The van der Waals surface area contributed by atoms with E-state index in [0.717, 1.165) is 30.2 Å². The second-order valence-corrected chi connectivity index (χ2v) is 9.90. The van der Waals surface area contributed by atoms with Crippen molar-refractivity contribution in [1.29, 1.82) is 0 Å². The number of aryl methyl sites for hydroxylation is 1. The predicted octanol–water partition coefficient (Wildman–Crippen LogP) is 8.44. The molecule has 1 aliphatic rings. The molecule has 2 aromatic carbocycles. The molecule has 1 atom stereocenters. The molecule has 0 heterocycles. The molecule has 0 aromatic heterocycles. The number of ketones is 1. The number of Topliss-reactive ketones (excluding diaryl/α,β-unsaturated/α-hetero) is 1. The average Bonchev–Trinajstić information content (AvgIpc) is 2.85. The lowest BCUT2D eigenvalue weighted by molar-refractivity contribution is -0.180. The fourth-order valence-corrected chi connectivity index (χ4v) is 5.24. The van der Waals surface area contributed by atoms with Crippen molar-refractivity contribution < 1.29 is 27.8 Å². The van der Waals surface area contributed by atoms with Crippen LogP contribution in [0.1, 0.15) is 99.5 Å². The van der Waals surface area contributed by atoms with Gasteiger partial charge in [0.05, 0.1) is 12.0 Å². The summed E-state index contributed by atoms with van der Waals surface area (Å²) in [6, 6.07) is 9.43. The zero-order valence-corrected chi connectivity index (χ0v) is 21.0. The molecule has 3 rings (SSSR count). The van der Waals surface area contributed by atoms with Gasteiger partial charge in [-0.25, -0.2) is 4.39 Å². The number of ether oxygens (including phenoxy) is 1. The predicted molar refractivity (Wildman–Crippen MR) is 132 cm³/mol. The summed E-state index contributed by atoms with van der Waals surface area (Å²) in [6.07, 6.45) is 2.66. The maximum atomic E-state index is 14.5. The quantitative estimate of drug-likeness (QED) is 0.322. The molecule has 0 aliphatic heterocycles.